The fraction of sp³-hybridized carbons (Fsp3) is 0.591. The smallest absolute Gasteiger partial charge is 0.407 e. The molecule has 1 aliphatic rings. The van der Waals surface area contributed by atoms with Crippen molar-refractivity contribution in [3.05, 3.63) is 20.4 Å². The van der Waals surface area contributed by atoms with Crippen molar-refractivity contribution in [3.63, 3.8) is 0 Å². The van der Waals surface area contributed by atoms with Gasteiger partial charge in [-0.3, -0.25) is 9.59 Å². The Kier molecular flexibility index (Phi) is 11.9. The number of rotatable bonds is 11. The van der Waals surface area contributed by atoms with Crippen molar-refractivity contribution in [3.8, 4) is 0 Å². The Morgan fingerprint density at radius 3 is 1.89 bits per heavy atom. The Bertz CT molecular complexity index is 924. The molecule has 0 saturated heterocycles. The van der Waals surface area contributed by atoms with Crippen LogP contribution in [-0.4, -0.2) is 68.0 Å². The van der Waals surface area contributed by atoms with E-state index in [1.807, 2.05) is 0 Å². The van der Waals surface area contributed by atoms with Crippen LogP contribution in [-0.2, 0) is 33.4 Å². The number of hydrogen-bond acceptors (Lipinski definition) is 10. The Morgan fingerprint density at radius 2 is 1.40 bits per heavy atom. The van der Waals surface area contributed by atoms with Gasteiger partial charge in [0.15, 0.2) is 0 Å². The number of allylic oxidation sites excluding steroid dienone is 2. The van der Waals surface area contributed by atoms with E-state index in [0.717, 1.165) is 0 Å². The van der Waals surface area contributed by atoms with E-state index < -0.39 is 47.3 Å². The third kappa shape index (κ3) is 9.28. The maximum atomic E-state index is 12.9. The Balaban J connectivity index is 2.84. The normalized spacial score (nSPS) is 15.9. The molecule has 35 heavy (non-hydrogen) atoms. The summed E-state index contributed by atoms with van der Waals surface area (Å²) in [4.78, 5) is 61.5. The summed E-state index contributed by atoms with van der Waals surface area (Å²) >= 11 is 6.24. The molecule has 0 aliphatic heterocycles. The van der Waals surface area contributed by atoms with E-state index in [1.165, 1.54) is 21.1 Å². The maximum absolute atomic E-state index is 12.9. The van der Waals surface area contributed by atoms with Crippen LogP contribution in [0, 0.1) is 0 Å². The first-order valence-corrected chi connectivity index (χ1v) is 12.4. The average Bonchev–Trinajstić information content (AvgIpc) is 2.79. The highest BCUT2D eigenvalue weighted by molar-refractivity contribution is 9.12. The number of halogens is 2. The summed E-state index contributed by atoms with van der Waals surface area (Å²) in [7, 11) is 2.42. The molecule has 0 aromatic carbocycles. The molecule has 13 heteroatoms. The molecule has 0 fully saturated rings. The Morgan fingerprint density at radius 1 is 0.886 bits per heavy atom. The molecule has 0 heterocycles. The lowest BCUT2D eigenvalue weighted by Gasteiger charge is -2.25. The van der Waals surface area contributed by atoms with Gasteiger partial charge >= 0.3 is 18.0 Å². The number of alkyl carbamates (subject to hydrolysis) is 1. The van der Waals surface area contributed by atoms with Crippen LogP contribution in [0.1, 0.15) is 47.0 Å². The second kappa shape index (κ2) is 13.6. The molecule has 0 unspecified atom stereocenters. The number of carbonyl (C=O) groups excluding carboxylic acids is 5. The van der Waals surface area contributed by atoms with Gasteiger partial charge in [0.1, 0.15) is 29.1 Å². The predicted molar refractivity (Wildman–Crippen MR) is 134 cm³/mol. The number of hydrogen-bond donors (Lipinski definition) is 3. The number of unbranched alkanes of at least 4 members (excludes halogenated alkanes) is 1. The zero-order valence-electron chi connectivity index (χ0n) is 20.5. The van der Waals surface area contributed by atoms with Gasteiger partial charge in [-0.1, -0.05) is 0 Å². The van der Waals surface area contributed by atoms with Crippen molar-refractivity contribution in [2.24, 2.45) is 0 Å². The van der Waals surface area contributed by atoms with Gasteiger partial charge in [-0.2, -0.15) is 0 Å². The molecule has 11 nitrogen and oxygen atoms in total. The van der Waals surface area contributed by atoms with Crippen molar-refractivity contribution >= 4 is 61.5 Å². The van der Waals surface area contributed by atoms with E-state index >= 15 is 0 Å². The summed E-state index contributed by atoms with van der Waals surface area (Å²) in [5, 5.41) is 8.10. The van der Waals surface area contributed by atoms with Gasteiger partial charge in [0.05, 0.1) is 23.2 Å². The lowest BCUT2D eigenvalue weighted by atomic mass is 10.0. The third-order valence-electron chi connectivity index (χ3n) is 4.60. The number of ether oxygens (including phenoxy) is 3. The molecule has 196 valence electrons. The number of Topliss-reactive ketones (excluding diaryl/α,β-unsaturated/α-hetero) is 2. The minimum absolute atomic E-state index is 0.103. The zero-order valence-corrected chi connectivity index (χ0v) is 23.7. The summed E-state index contributed by atoms with van der Waals surface area (Å²) in [6, 6.07) is -1.81. The second-order valence-electron chi connectivity index (χ2n) is 8.57. The van der Waals surface area contributed by atoms with E-state index in [1.54, 1.807) is 20.8 Å². The van der Waals surface area contributed by atoms with Crippen LogP contribution >= 0.6 is 31.9 Å². The van der Waals surface area contributed by atoms with Crippen LogP contribution in [0.3, 0.4) is 0 Å². The first-order chi connectivity index (χ1) is 16.2. The van der Waals surface area contributed by atoms with E-state index in [2.05, 4.69) is 52.5 Å². The van der Waals surface area contributed by atoms with Gasteiger partial charge in [0.25, 0.3) is 0 Å². The number of carbonyl (C=O) groups is 5. The number of amides is 1. The van der Waals surface area contributed by atoms with Crippen LogP contribution in [0.15, 0.2) is 20.4 Å². The molecule has 1 rings (SSSR count). The number of ketones is 2. The molecular formula is C22H31Br2N3O8. The molecule has 0 spiro atoms. The first-order valence-electron chi connectivity index (χ1n) is 10.8. The van der Waals surface area contributed by atoms with Crippen molar-refractivity contribution in [1.29, 1.82) is 0 Å². The van der Waals surface area contributed by atoms with Gasteiger partial charge in [-0.05, 0) is 78.8 Å². The van der Waals surface area contributed by atoms with Gasteiger partial charge in [-0.25, -0.2) is 14.4 Å². The van der Waals surface area contributed by atoms with Crippen LogP contribution in [0.2, 0.25) is 0 Å². The van der Waals surface area contributed by atoms with Gasteiger partial charge in [0, 0.05) is 6.54 Å². The SMILES string of the molecule is COC(=O)[C@H](C)NC1=C(Br)C(=O)C(N[C@@H](CCCCNC(=O)OC(C)(C)C)C(=O)OC)=C(Br)C1=O. The predicted octanol–water partition coefficient (Wildman–Crippen LogP) is 2.33. The number of esters is 2. The van der Waals surface area contributed by atoms with E-state index in [9.17, 15) is 24.0 Å². The Hall–Kier alpha value is -2.41. The highest BCUT2D eigenvalue weighted by Crippen LogP contribution is 2.30. The van der Waals surface area contributed by atoms with Crippen molar-refractivity contribution in [1.82, 2.24) is 16.0 Å². The highest BCUT2D eigenvalue weighted by Gasteiger charge is 2.36. The van der Waals surface area contributed by atoms with E-state index in [4.69, 9.17) is 9.47 Å². The van der Waals surface area contributed by atoms with Crippen molar-refractivity contribution < 1.29 is 38.2 Å². The fourth-order valence-corrected chi connectivity index (χ4v) is 3.88. The van der Waals surface area contributed by atoms with Crippen molar-refractivity contribution in [2.75, 3.05) is 20.8 Å². The van der Waals surface area contributed by atoms with Crippen molar-refractivity contribution in [2.45, 2.75) is 64.6 Å². The molecule has 2 atom stereocenters. The molecule has 0 aromatic heterocycles. The second-order valence-corrected chi connectivity index (χ2v) is 10.2. The monoisotopic (exact) mass is 623 g/mol. The summed E-state index contributed by atoms with van der Waals surface area (Å²) in [5.41, 5.74) is -0.849. The summed E-state index contributed by atoms with van der Waals surface area (Å²) in [6.45, 7) is 7.09. The quantitative estimate of drug-likeness (QED) is 0.135. The van der Waals surface area contributed by atoms with Crippen LogP contribution < -0.4 is 16.0 Å². The lowest BCUT2D eigenvalue weighted by Crippen LogP contribution is -2.44. The zero-order chi connectivity index (χ0) is 26.9. The van der Waals surface area contributed by atoms with Crippen LogP contribution in [0.25, 0.3) is 0 Å². The molecule has 1 amide bonds. The minimum Gasteiger partial charge on any atom is -0.467 e. The van der Waals surface area contributed by atoms with Gasteiger partial charge in [-0.15, -0.1) is 0 Å². The van der Waals surface area contributed by atoms with Crippen LogP contribution in [0.5, 0.6) is 0 Å². The highest BCUT2D eigenvalue weighted by atomic mass is 79.9. The van der Waals surface area contributed by atoms with Crippen LogP contribution in [0.4, 0.5) is 4.79 Å². The largest absolute Gasteiger partial charge is 0.467 e. The van der Waals surface area contributed by atoms with E-state index in [-0.39, 0.29) is 26.8 Å². The molecule has 1 aliphatic carbocycles. The topological polar surface area (TPSA) is 149 Å². The molecule has 3 N–H and O–H groups in total. The molecule has 0 bridgehead atoms. The summed E-state index contributed by atoms with van der Waals surface area (Å²) in [6.07, 6.45) is 0.753. The fourth-order valence-electron chi connectivity index (χ4n) is 2.90. The summed E-state index contributed by atoms with van der Waals surface area (Å²) < 4.78 is 14.4. The lowest BCUT2D eigenvalue weighted by molar-refractivity contribution is -0.143. The molecule has 0 radical (unpaired) electrons. The summed E-state index contributed by atoms with van der Waals surface area (Å²) in [5.74, 6) is -2.44. The first kappa shape index (κ1) is 30.6. The van der Waals surface area contributed by atoms with E-state index in [0.29, 0.717) is 19.4 Å². The van der Waals surface area contributed by atoms with Gasteiger partial charge in [0.2, 0.25) is 11.6 Å². The average molecular weight is 625 g/mol. The third-order valence-corrected chi connectivity index (χ3v) is 6.11. The number of methoxy groups -OCH3 is 2. The minimum atomic E-state index is -0.926. The number of nitrogens with one attached hydrogen (secondary N) is 3. The molecular weight excluding hydrogens is 594 g/mol. The maximum Gasteiger partial charge on any atom is 0.407 e. The molecule has 0 saturated carbocycles. The van der Waals surface area contributed by atoms with Gasteiger partial charge < -0.3 is 30.2 Å². The standard InChI is InChI=1S/C22H31Br2N3O8/c1-11(19(30)33-5)26-15-13(23)18(29)16(14(24)17(15)28)27-12(20(31)34-6)9-7-8-10-25-21(32)35-22(2,3)4/h11-12,26-27H,7-10H2,1-6H3,(H,25,32)/t11-,12-/m0/s1. The molecule has 0 aromatic rings. The Labute approximate surface area is 221 Å².